The predicted molar refractivity (Wildman–Crippen MR) is 105 cm³/mol. The predicted octanol–water partition coefficient (Wildman–Crippen LogP) is 4.43. The Morgan fingerprint density at radius 2 is 1.63 bits per heavy atom. The van der Waals surface area contributed by atoms with Crippen LogP contribution in [-0.2, 0) is 30.0 Å². The molecule has 1 heterocycles. The third-order valence-corrected chi connectivity index (χ3v) is 6.56. The number of ether oxygens (including phenoxy) is 1. The molecule has 140 valence electrons. The SMILES string of the molecule is C[Si](C)(C)O[C@]1(c2ccccc2)C[C@@H]2C(=O)C(=O)O[C@@]21c1ccc(Cl)cc1. The Morgan fingerprint density at radius 1 is 1.00 bits per heavy atom. The number of hydrogen-bond donors (Lipinski definition) is 0. The first-order chi connectivity index (χ1) is 12.7. The fraction of sp³-hybridized carbons (Fsp3) is 0.333. The lowest BCUT2D eigenvalue weighted by Gasteiger charge is -2.60. The molecule has 0 unspecified atom stereocenters. The molecule has 1 saturated heterocycles. The third-order valence-electron chi connectivity index (χ3n) is 5.35. The van der Waals surface area contributed by atoms with Crippen LogP contribution in [0.1, 0.15) is 17.5 Å². The summed E-state index contributed by atoms with van der Waals surface area (Å²) in [6, 6.07) is 16.9. The lowest BCUT2D eigenvalue weighted by molar-refractivity contribution is -0.248. The third kappa shape index (κ3) is 2.60. The monoisotopic (exact) mass is 400 g/mol. The molecule has 2 aliphatic rings. The molecular formula is C21H21ClO4Si. The highest BCUT2D eigenvalue weighted by molar-refractivity contribution is 6.69. The molecule has 0 bridgehead atoms. The van der Waals surface area contributed by atoms with Gasteiger partial charge in [-0.15, -0.1) is 0 Å². The number of fused-ring (bicyclic) bond motifs is 1. The van der Waals surface area contributed by atoms with E-state index in [1.54, 1.807) is 12.1 Å². The minimum atomic E-state index is -2.07. The average molecular weight is 401 g/mol. The summed E-state index contributed by atoms with van der Waals surface area (Å²) in [5.41, 5.74) is -0.391. The van der Waals surface area contributed by atoms with Crippen LogP contribution in [0.25, 0.3) is 0 Å². The summed E-state index contributed by atoms with van der Waals surface area (Å²) in [6.07, 6.45) is 0.425. The van der Waals surface area contributed by atoms with Gasteiger partial charge in [-0.1, -0.05) is 54.1 Å². The number of Topliss-reactive ketones (excluding diaryl/α,β-unsaturated/α-hetero) is 1. The normalized spacial score (nSPS) is 29.9. The van der Waals surface area contributed by atoms with Gasteiger partial charge in [0.2, 0.25) is 5.78 Å². The Morgan fingerprint density at radius 3 is 2.19 bits per heavy atom. The zero-order chi connectivity index (χ0) is 19.4. The van der Waals surface area contributed by atoms with Gasteiger partial charge in [0.05, 0.1) is 5.92 Å². The Kier molecular flexibility index (Phi) is 4.11. The van der Waals surface area contributed by atoms with Gasteiger partial charge in [-0.05, 0) is 49.3 Å². The molecule has 1 aliphatic heterocycles. The molecule has 27 heavy (non-hydrogen) atoms. The van der Waals surface area contributed by atoms with Crippen LogP contribution in [-0.4, -0.2) is 20.1 Å². The molecule has 0 spiro atoms. The zero-order valence-electron chi connectivity index (χ0n) is 15.5. The van der Waals surface area contributed by atoms with E-state index in [-0.39, 0.29) is 0 Å². The van der Waals surface area contributed by atoms with Crippen LogP contribution in [0.4, 0.5) is 0 Å². The molecule has 3 atom stereocenters. The van der Waals surface area contributed by atoms with Crippen LogP contribution in [0.15, 0.2) is 54.6 Å². The lowest BCUT2D eigenvalue weighted by Crippen LogP contribution is -2.67. The molecule has 2 aromatic carbocycles. The summed E-state index contributed by atoms with van der Waals surface area (Å²) in [7, 11) is -2.07. The summed E-state index contributed by atoms with van der Waals surface area (Å²) in [4.78, 5) is 24.9. The van der Waals surface area contributed by atoms with Crippen LogP contribution >= 0.6 is 11.6 Å². The van der Waals surface area contributed by atoms with Crippen LogP contribution in [0.2, 0.25) is 24.7 Å². The van der Waals surface area contributed by atoms with Crippen LogP contribution in [0.5, 0.6) is 0 Å². The van der Waals surface area contributed by atoms with Gasteiger partial charge in [-0.2, -0.15) is 0 Å². The average Bonchev–Trinajstić information content (AvgIpc) is 2.82. The first kappa shape index (κ1) is 18.4. The topological polar surface area (TPSA) is 52.6 Å². The van der Waals surface area contributed by atoms with Crippen molar-refractivity contribution < 1.29 is 18.8 Å². The van der Waals surface area contributed by atoms with E-state index in [4.69, 9.17) is 20.8 Å². The Balaban J connectivity index is 1.96. The van der Waals surface area contributed by atoms with Crippen molar-refractivity contribution in [1.29, 1.82) is 0 Å². The number of esters is 1. The zero-order valence-corrected chi connectivity index (χ0v) is 17.2. The van der Waals surface area contributed by atoms with Gasteiger partial charge in [-0.3, -0.25) is 4.79 Å². The number of benzene rings is 2. The maximum Gasteiger partial charge on any atom is 0.376 e. The van der Waals surface area contributed by atoms with Crippen molar-refractivity contribution in [3.63, 3.8) is 0 Å². The highest BCUT2D eigenvalue weighted by Gasteiger charge is 2.78. The molecular weight excluding hydrogens is 380 g/mol. The molecule has 1 aliphatic carbocycles. The molecule has 0 aromatic heterocycles. The first-order valence-electron chi connectivity index (χ1n) is 8.98. The van der Waals surface area contributed by atoms with E-state index in [9.17, 15) is 9.59 Å². The fourth-order valence-electron chi connectivity index (χ4n) is 4.43. The highest BCUT2D eigenvalue weighted by Crippen LogP contribution is 2.67. The number of hydrogen-bond acceptors (Lipinski definition) is 4. The van der Waals surface area contributed by atoms with Crippen molar-refractivity contribution in [2.75, 3.05) is 0 Å². The van der Waals surface area contributed by atoms with E-state index in [2.05, 4.69) is 19.6 Å². The second-order valence-electron chi connectivity index (χ2n) is 8.16. The van der Waals surface area contributed by atoms with E-state index in [1.165, 1.54) is 0 Å². The minimum Gasteiger partial charge on any atom is -0.444 e. The maximum absolute atomic E-state index is 12.6. The van der Waals surface area contributed by atoms with Gasteiger partial charge in [0, 0.05) is 5.02 Å². The summed E-state index contributed by atoms with van der Waals surface area (Å²) >= 11 is 6.07. The van der Waals surface area contributed by atoms with Gasteiger partial charge in [0.15, 0.2) is 13.9 Å². The second-order valence-corrected chi connectivity index (χ2v) is 13.0. The lowest BCUT2D eigenvalue weighted by atomic mass is 9.52. The van der Waals surface area contributed by atoms with E-state index in [0.717, 1.165) is 11.1 Å². The Labute approximate surface area is 164 Å². The van der Waals surface area contributed by atoms with Crippen molar-refractivity contribution in [1.82, 2.24) is 0 Å². The van der Waals surface area contributed by atoms with E-state index in [0.29, 0.717) is 11.4 Å². The molecule has 1 saturated carbocycles. The molecule has 4 nitrogen and oxygen atoms in total. The van der Waals surface area contributed by atoms with Crippen molar-refractivity contribution in [2.24, 2.45) is 5.92 Å². The van der Waals surface area contributed by atoms with Crippen LogP contribution in [0.3, 0.4) is 0 Å². The number of carbonyl (C=O) groups is 2. The number of ketones is 1. The molecule has 4 rings (SSSR count). The highest BCUT2D eigenvalue weighted by atomic mass is 35.5. The van der Waals surface area contributed by atoms with E-state index < -0.39 is 37.2 Å². The number of rotatable bonds is 4. The quantitative estimate of drug-likeness (QED) is 0.433. The molecule has 2 aromatic rings. The number of halogens is 1. The Bertz CT molecular complexity index is 906. The summed E-state index contributed by atoms with van der Waals surface area (Å²) in [5, 5.41) is 0.582. The van der Waals surface area contributed by atoms with Crippen LogP contribution < -0.4 is 0 Å². The molecule has 6 heteroatoms. The van der Waals surface area contributed by atoms with E-state index >= 15 is 0 Å². The summed E-state index contributed by atoms with van der Waals surface area (Å²) < 4.78 is 12.6. The molecule has 0 radical (unpaired) electrons. The van der Waals surface area contributed by atoms with Crippen molar-refractivity contribution in [3.8, 4) is 0 Å². The van der Waals surface area contributed by atoms with E-state index in [1.807, 2.05) is 42.5 Å². The van der Waals surface area contributed by atoms with Crippen LogP contribution in [0, 0.1) is 5.92 Å². The maximum atomic E-state index is 12.6. The summed E-state index contributed by atoms with van der Waals surface area (Å²) in [6.45, 7) is 6.29. The molecule has 0 N–H and O–H groups in total. The summed E-state index contributed by atoms with van der Waals surface area (Å²) in [5.74, 6) is -1.81. The fourth-order valence-corrected chi connectivity index (χ4v) is 5.96. The standard InChI is InChI=1S/C21H21ClO4Si/c1-27(2,3)26-20(14-7-5-4-6-8-14)13-17-18(23)19(24)25-21(17,20)15-9-11-16(22)12-10-15/h4-12,17H,13H2,1-3H3/t17-,20+,21+/m1/s1. The molecule has 2 fully saturated rings. The van der Waals surface area contributed by atoms with Crippen molar-refractivity contribution >= 4 is 31.7 Å². The van der Waals surface area contributed by atoms with Crippen molar-refractivity contribution in [3.05, 3.63) is 70.7 Å². The minimum absolute atomic E-state index is 0.425. The largest absolute Gasteiger partial charge is 0.444 e. The molecule has 0 amide bonds. The second kappa shape index (κ2) is 6.02. The van der Waals surface area contributed by atoms with Gasteiger partial charge in [-0.25, -0.2) is 4.79 Å². The Hall–Kier alpha value is -1.95. The van der Waals surface area contributed by atoms with Gasteiger partial charge >= 0.3 is 5.97 Å². The van der Waals surface area contributed by atoms with Gasteiger partial charge in [0.25, 0.3) is 0 Å². The van der Waals surface area contributed by atoms with Gasteiger partial charge in [0.1, 0.15) is 5.60 Å². The first-order valence-corrected chi connectivity index (χ1v) is 12.8. The number of carbonyl (C=O) groups excluding carboxylic acids is 2. The van der Waals surface area contributed by atoms with Gasteiger partial charge < -0.3 is 9.16 Å². The smallest absolute Gasteiger partial charge is 0.376 e. The van der Waals surface area contributed by atoms with Crippen molar-refractivity contribution in [2.45, 2.75) is 37.3 Å².